The Kier molecular flexibility index (Phi) is 5.98. The number of benzene rings is 1. The lowest BCUT2D eigenvalue weighted by atomic mass is 10.1. The zero-order valence-corrected chi connectivity index (χ0v) is 12.4. The number of rotatable bonds is 6. The molecule has 0 atom stereocenters. The van der Waals surface area contributed by atoms with Crippen LogP contribution in [0.2, 0.25) is 0 Å². The second-order valence-corrected chi connectivity index (χ2v) is 5.02. The number of halogens is 1. The number of ether oxygens (including phenoxy) is 1. The van der Waals surface area contributed by atoms with Crippen LogP contribution in [0.1, 0.15) is 27.1 Å². The van der Waals surface area contributed by atoms with Gasteiger partial charge in [0.25, 0.3) is 5.91 Å². The van der Waals surface area contributed by atoms with E-state index in [1.165, 1.54) is 12.1 Å². The van der Waals surface area contributed by atoms with Crippen molar-refractivity contribution < 1.29 is 19.4 Å². The Labute approximate surface area is 120 Å². The summed E-state index contributed by atoms with van der Waals surface area (Å²) >= 11 is 3.21. The molecule has 6 heteroatoms. The van der Waals surface area contributed by atoms with E-state index >= 15 is 0 Å². The summed E-state index contributed by atoms with van der Waals surface area (Å²) in [6, 6.07) is 4.45. The number of carboxylic acid groups (broad SMARTS) is 1. The van der Waals surface area contributed by atoms with Gasteiger partial charge in [0.2, 0.25) is 0 Å². The van der Waals surface area contributed by atoms with Crippen LogP contribution in [0, 0.1) is 0 Å². The van der Waals surface area contributed by atoms with Crippen LogP contribution in [0.25, 0.3) is 0 Å². The monoisotopic (exact) mass is 329 g/mol. The van der Waals surface area contributed by atoms with E-state index in [0.29, 0.717) is 23.2 Å². The number of carboxylic acids is 1. The number of hydrogen-bond donors (Lipinski definition) is 1. The Balaban J connectivity index is 2.84. The molecule has 19 heavy (non-hydrogen) atoms. The Morgan fingerprint density at radius 1 is 1.32 bits per heavy atom. The molecule has 1 N–H and O–H groups in total. The maximum absolute atomic E-state index is 12.1. The molecule has 0 spiro atoms. The zero-order valence-electron chi connectivity index (χ0n) is 10.9. The number of nitrogens with zero attached hydrogens (tertiary/aromatic N) is 1. The summed E-state index contributed by atoms with van der Waals surface area (Å²) in [6.07, 6.45) is 0.735. The molecule has 1 aromatic carbocycles. The SMILES string of the molecule is COCCCN(C)C(=O)c1cc(Br)cc(C(=O)O)c1. The molecule has 5 nitrogen and oxygen atoms in total. The maximum atomic E-state index is 12.1. The number of hydrogen-bond acceptors (Lipinski definition) is 3. The molecule has 0 aliphatic rings. The summed E-state index contributed by atoms with van der Waals surface area (Å²) < 4.78 is 5.49. The second kappa shape index (κ2) is 7.25. The molecule has 0 aromatic heterocycles. The quantitative estimate of drug-likeness (QED) is 0.813. The topological polar surface area (TPSA) is 66.8 Å². The predicted octanol–water partition coefficient (Wildman–Crippen LogP) is 2.26. The summed E-state index contributed by atoms with van der Waals surface area (Å²) in [5.41, 5.74) is 0.440. The summed E-state index contributed by atoms with van der Waals surface area (Å²) in [4.78, 5) is 24.6. The molecule has 0 heterocycles. The highest BCUT2D eigenvalue weighted by atomic mass is 79.9. The molecule has 0 fully saturated rings. The van der Waals surface area contributed by atoms with E-state index < -0.39 is 5.97 Å². The first kappa shape index (κ1) is 15.7. The molecular formula is C13H16BrNO4. The summed E-state index contributed by atoms with van der Waals surface area (Å²) in [5.74, 6) is -1.27. The van der Waals surface area contributed by atoms with Gasteiger partial charge in [-0.1, -0.05) is 15.9 Å². The van der Waals surface area contributed by atoms with E-state index in [1.54, 1.807) is 25.1 Å². The van der Waals surface area contributed by atoms with Crippen LogP contribution >= 0.6 is 15.9 Å². The van der Waals surface area contributed by atoms with Crippen molar-refractivity contribution in [1.82, 2.24) is 4.90 Å². The van der Waals surface area contributed by atoms with E-state index in [4.69, 9.17) is 9.84 Å². The summed E-state index contributed by atoms with van der Waals surface area (Å²) in [6.45, 7) is 1.14. The van der Waals surface area contributed by atoms with Crippen molar-refractivity contribution >= 4 is 27.8 Å². The van der Waals surface area contributed by atoms with Gasteiger partial charge < -0.3 is 14.7 Å². The first-order valence-electron chi connectivity index (χ1n) is 5.74. The van der Waals surface area contributed by atoms with Gasteiger partial charge in [-0.25, -0.2) is 4.79 Å². The van der Waals surface area contributed by atoms with Crippen molar-refractivity contribution in [3.05, 3.63) is 33.8 Å². The molecule has 0 aliphatic carbocycles. The van der Waals surface area contributed by atoms with Gasteiger partial charge >= 0.3 is 5.97 Å². The molecule has 104 valence electrons. The lowest BCUT2D eigenvalue weighted by Crippen LogP contribution is -2.28. The van der Waals surface area contributed by atoms with Gasteiger partial charge in [-0.3, -0.25) is 4.79 Å². The van der Waals surface area contributed by atoms with Gasteiger partial charge in [0.05, 0.1) is 5.56 Å². The van der Waals surface area contributed by atoms with Gasteiger partial charge in [-0.15, -0.1) is 0 Å². The first-order valence-corrected chi connectivity index (χ1v) is 6.53. The Morgan fingerprint density at radius 2 is 1.95 bits per heavy atom. The van der Waals surface area contributed by atoms with E-state index in [0.717, 1.165) is 6.42 Å². The Morgan fingerprint density at radius 3 is 2.53 bits per heavy atom. The van der Waals surface area contributed by atoms with Gasteiger partial charge in [-0.05, 0) is 24.6 Å². The molecule has 0 radical (unpaired) electrons. The first-order chi connectivity index (χ1) is 8.95. The van der Waals surface area contributed by atoms with Crippen LogP contribution in [-0.2, 0) is 4.74 Å². The van der Waals surface area contributed by atoms with Crippen LogP contribution < -0.4 is 0 Å². The third-order valence-electron chi connectivity index (χ3n) is 2.58. The Bertz CT molecular complexity index is 476. The zero-order chi connectivity index (χ0) is 14.4. The highest BCUT2D eigenvalue weighted by Gasteiger charge is 2.15. The summed E-state index contributed by atoms with van der Waals surface area (Å²) in [7, 11) is 3.29. The average Bonchev–Trinajstić information content (AvgIpc) is 2.37. The molecule has 0 bridgehead atoms. The smallest absolute Gasteiger partial charge is 0.335 e. The van der Waals surface area contributed by atoms with E-state index in [-0.39, 0.29) is 11.5 Å². The molecule has 0 saturated carbocycles. The van der Waals surface area contributed by atoms with Crippen molar-refractivity contribution in [2.24, 2.45) is 0 Å². The maximum Gasteiger partial charge on any atom is 0.335 e. The van der Waals surface area contributed by atoms with Gasteiger partial charge in [0.1, 0.15) is 0 Å². The van der Waals surface area contributed by atoms with E-state index in [9.17, 15) is 9.59 Å². The number of carbonyl (C=O) groups excluding carboxylic acids is 1. The fraction of sp³-hybridized carbons (Fsp3) is 0.385. The van der Waals surface area contributed by atoms with Gasteiger partial charge in [-0.2, -0.15) is 0 Å². The Hall–Kier alpha value is -1.40. The van der Waals surface area contributed by atoms with Crippen LogP contribution in [0.3, 0.4) is 0 Å². The standard InChI is InChI=1S/C13H16BrNO4/c1-15(4-3-5-19-2)12(16)9-6-10(13(17)18)8-11(14)7-9/h6-8H,3-5H2,1-2H3,(H,17,18). The number of amides is 1. The van der Waals surface area contributed by atoms with E-state index in [2.05, 4.69) is 15.9 Å². The fourth-order valence-electron chi connectivity index (χ4n) is 1.60. The minimum Gasteiger partial charge on any atom is -0.478 e. The van der Waals surface area contributed by atoms with Crippen LogP contribution in [0.5, 0.6) is 0 Å². The predicted molar refractivity (Wildman–Crippen MR) is 74.6 cm³/mol. The lowest BCUT2D eigenvalue weighted by Gasteiger charge is -2.17. The van der Waals surface area contributed by atoms with E-state index in [1.807, 2.05) is 0 Å². The minimum absolute atomic E-state index is 0.0861. The molecule has 0 unspecified atom stereocenters. The van der Waals surface area contributed by atoms with Crippen LogP contribution in [0.4, 0.5) is 0 Å². The van der Waals surface area contributed by atoms with Crippen molar-refractivity contribution in [2.45, 2.75) is 6.42 Å². The molecule has 1 amide bonds. The molecule has 0 aliphatic heterocycles. The third-order valence-corrected chi connectivity index (χ3v) is 3.04. The van der Waals surface area contributed by atoms with Gasteiger partial charge in [0, 0.05) is 37.3 Å². The minimum atomic E-state index is -1.06. The highest BCUT2D eigenvalue weighted by Crippen LogP contribution is 2.17. The van der Waals surface area contributed by atoms with Crippen molar-refractivity contribution in [3.63, 3.8) is 0 Å². The second-order valence-electron chi connectivity index (χ2n) is 4.11. The van der Waals surface area contributed by atoms with Crippen molar-refractivity contribution in [2.75, 3.05) is 27.3 Å². The lowest BCUT2D eigenvalue weighted by molar-refractivity contribution is 0.0697. The fourth-order valence-corrected chi connectivity index (χ4v) is 2.10. The number of carbonyl (C=O) groups is 2. The number of methoxy groups -OCH3 is 1. The van der Waals surface area contributed by atoms with Crippen LogP contribution in [-0.4, -0.2) is 49.2 Å². The molecular weight excluding hydrogens is 314 g/mol. The molecule has 1 rings (SSSR count). The average molecular weight is 330 g/mol. The number of aromatic carboxylic acids is 1. The van der Waals surface area contributed by atoms with Crippen LogP contribution in [0.15, 0.2) is 22.7 Å². The largest absolute Gasteiger partial charge is 0.478 e. The van der Waals surface area contributed by atoms with Gasteiger partial charge in [0.15, 0.2) is 0 Å². The molecule has 0 saturated heterocycles. The normalized spacial score (nSPS) is 10.3. The highest BCUT2D eigenvalue weighted by molar-refractivity contribution is 9.10. The third kappa shape index (κ3) is 4.65. The van der Waals surface area contributed by atoms with Crippen molar-refractivity contribution in [3.8, 4) is 0 Å². The molecule has 1 aromatic rings. The van der Waals surface area contributed by atoms with Crippen molar-refractivity contribution in [1.29, 1.82) is 0 Å². The summed E-state index contributed by atoms with van der Waals surface area (Å²) in [5, 5.41) is 8.97.